The number of hydrazine groups is 2. The normalized spacial score (nSPS) is 24.9. The highest BCUT2D eigenvalue weighted by molar-refractivity contribution is 6.37. The van der Waals surface area contributed by atoms with Crippen LogP contribution in [-0.2, 0) is 20.6 Å². The van der Waals surface area contributed by atoms with Crippen LogP contribution in [0.15, 0.2) is 35.6 Å². The Morgan fingerprint density at radius 2 is 1.82 bits per heavy atom. The second-order valence-corrected chi connectivity index (χ2v) is 9.87. The number of nitrogens with one attached hydrogen (secondary N) is 2. The average Bonchev–Trinajstić information content (AvgIpc) is 3.46. The van der Waals surface area contributed by atoms with Gasteiger partial charge in [-0.1, -0.05) is 40.0 Å². The standard InChI is InChI=1S/C21H15Cl3F3N7O4/c1-20(29-19(37)33(31-20)12-4-3-9(22)6-10(12)23)15-13-14(38-30-15)18(36)34(17(13)35)32(2)16-11(24)5-8(7-28-16)21(25,26)27/h3-7,13-14,31H,1-2H3,(H,29,37). The maximum absolute atomic E-state index is 13.4. The number of imide groups is 1. The fourth-order valence-electron chi connectivity index (χ4n) is 4.31. The molecular formula is C21H15Cl3F3N7O4. The first kappa shape index (κ1) is 26.3. The molecule has 0 aliphatic carbocycles. The van der Waals surface area contributed by atoms with Gasteiger partial charge in [0, 0.05) is 18.3 Å². The molecule has 0 saturated carbocycles. The van der Waals surface area contributed by atoms with Gasteiger partial charge >= 0.3 is 12.2 Å². The molecule has 0 spiro atoms. The van der Waals surface area contributed by atoms with Crippen LogP contribution in [0.5, 0.6) is 0 Å². The van der Waals surface area contributed by atoms with Crippen LogP contribution in [0.2, 0.25) is 15.1 Å². The molecule has 38 heavy (non-hydrogen) atoms. The summed E-state index contributed by atoms with van der Waals surface area (Å²) in [7, 11) is 1.23. The van der Waals surface area contributed by atoms with Gasteiger partial charge in [0.15, 0.2) is 11.5 Å². The minimum absolute atomic E-state index is 0.0239. The first-order valence-corrected chi connectivity index (χ1v) is 11.8. The summed E-state index contributed by atoms with van der Waals surface area (Å²) in [6, 6.07) is 4.44. The smallest absolute Gasteiger partial charge is 0.381 e. The van der Waals surface area contributed by atoms with Crippen molar-refractivity contribution in [2.75, 3.05) is 17.1 Å². The monoisotopic (exact) mass is 591 g/mol. The molecule has 2 fully saturated rings. The quantitative estimate of drug-likeness (QED) is 0.521. The van der Waals surface area contributed by atoms with Crippen LogP contribution in [0.1, 0.15) is 12.5 Å². The lowest BCUT2D eigenvalue weighted by atomic mass is 9.91. The zero-order valence-corrected chi connectivity index (χ0v) is 21.4. The van der Waals surface area contributed by atoms with Gasteiger partial charge in [-0.25, -0.2) is 14.8 Å². The van der Waals surface area contributed by atoms with Gasteiger partial charge in [-0.3, -0.25) is 14.6 Å². The second-order valence-electron chi connectivity index (χ2n) is 8.62. The fourth-order valence-corrected chi connectivity index (χ4v) is 5.09. The van der Waals surface area contributed by atoms with E-state index in [2.05, 4.69) is 20.9 Å². The number of hydrogen-bond donors (Lipinski definition) is 2. The minimum Gasteiger partial charge on any atom is -0.381 e. The highest BCUT2D eigenvalue weighted by Crippen LogP contribution is 2.39. The Labute approximate surface area is 227 Å². The Balaban J connectivity index is 1.41. The summed E-state index contributed by atoms with van der Waals surface area (Å²) in [5, 5.41) is 9.29. The number of carbonyl (C=O) groups is 3. The van der Waals surface area contributed by atoms with Crippen LogP contribution in [0, 0.1) is 5.92 Å². The van der Waals surface area contributed by atoms with E-state index in [4.69, 9.17) is 39.6 Å². The summed E-state index contributed by atoms with van der Waals surface area (Å²) < 4.78 is 39.0. The van der Waals surface area contributed by atoms with Crippen LogP contribution in [0.25, 0.3) is 0 Å². The van der Waals surface area contributed by atoms with Crippen LogP contribution < -0.4 is 20.8 Å². The van der Waals surface area contributed by atoms with Crippen molar-refractivity contribution in [1.82, 2.24) is 20.7 Å². The first-order chi connectivity index (χ1) is 17.7. The number of anilines is 2. The molecule has 3 aliphatic heterocycles. The molecule has 3 unspecified atom stereocenters. The van der Waals surface area contributed by atoms with Crippen LogP contribution in [0.3, 0.4) is 0 Å². The van der Waals surface area contributed by atoms with E-state index in [1.807, 2.05) is 0 Å². The van der Waals surface area contributed by atoms with E-state index in [1.54, 1.807) is 0 Å². The van der Waals surface area contributed by atoms with Crippen LogP contribution in [0.4, 0.5) is 29.5 Å². The predicted octanol–water partition coefficient (Wildman–Crippen LogP) is 3.60. The lowest BCUT2D eigenvalue weighted by Gasteiger charge is -2.29. The Hall–Kier alpha value is -3.33. The second kappa shape index (κ2) is 8.86. The number of urea groups is 1. The van der Waals surface area contributed by atoms with Gasteiger partial charge in [-0.05, 0) is 31.2 Å². The number of alkyl halides is 3. The van der Waals surface area contributed by atoms with Crippen molar-refractivity contribution in [3.8, 4) is 0 Å². The number of oxime groups is 1. The minimum atomic E-state index is -4.69. The highest BCUT2D eigenvalue weighted by atomic mass is 35.5. The first-order valence-electron chi connectivity index (χ1n) is 10.7. The van der Waals surface area contributed by atoms with E-state index >= 15 is 0 Å². The van der Waals surface area contributed by atoms with Gasteiger partial charge in [0.1, 0.15) is 11.6 Å². The van der Waals surface area contributed by atoms with Gasteiger partial charge in [-0.15, -0.1) is 0 Å². The third-order valence-electron chi connectivity index (χ3n) is 6.10. The number of carbonyl (C=O) groups excluding carboxylic acids is 3. The maximum atomic E-state index is 13.4. The van der Waals surface area contributed by atoms with Crippen molar-refractivity contribution in [2.24, 2.45) is 11.1 Å². The van der Waals surface area contributed by atoms with Crippen LogP contribution in [-0.4, -0.2) is 52.4 Å². The highest BCUT2D eigenvalue weighted by Gasteiger charge is 2.62. The molecule has 0 radical (unpaired) electrons. The van der Waals surface area contributed by atoms with Crippen LogP contribution >= 0.6 is 34.8 Å². The Morgan fingerprint density at radius 3 is 2.45 bits per heavy atom. The molecule has 2 N–H and O–H groups in total. The molecule has 1 aromatic carbocycles. The summed E-state index contributed by atoms with van der Waals surface area (Å²) in [5.74, 6) is -3.24. The van der Waals surface area contributed by atoms with Crippen molar-refractivity contribution < 1.29 is 32.4 Å². The van der Waals surface area contributed by atoms with Crippen molar-refractivity contribution in [1.29, 1.82) is 0 Å². The molecule has 4 heterocycles. The van der Waals surface area contributed by atoms with Gasteiger partial charge in [0.05, 0.1) is 21.3 Å². The molecule has 3 aliphatic rings. The van der Waals surface area contributed by atoms with Gasteiger partial charge in [0.25, 0.3) is 11.8 Å². The lowest BCUT2D eigenvalue weighted by Crippen LogP contribution is -2.58. The summed E-state index contributed by atoms with van der Waals surface area (Å²) in [4.78, 5) is 48.3. The number of rotatable bonds is 4. The summed E-state index contributed by atoms with van der Waals surface area (Å²) in [6.07, 6.45) is -5.55. The largest absolute Gasteiger partial charge is 0.417 e. The number of nitrogens with zero attached hydrogens (tertiary/aromatic N) is 5. The average molecular weight is 593 g/mol. The van der Waals surface area contributed by atoms with E-state index in [1.165, 1.54) is 32.2 Å². The van der Waals surface area contributed by atoms with Gasteiger partial charge in [0.2, 0.25) is 6.10 Å². The van der Waals surface area contributed by atoms with Crippen molar-refractivity contribution in [3.05, 3.63) is 51.1 Å². The van der Waals surface area contributed by atoms with Gasteiger partial charge < -0.3 is 10.2 Å². The fraction of sp³-hybridized carbons (Fsp3) is 0.286. The molecule has 11 nitrogen and oxygen atoms in total. The molecular weight excluding hydrogens is 578 g/mol. The number of hydrogen-bond acceptors (Lipinski definition) is 8. The molecule has 2 aromatic rings. The number of aromatic nitrogens is 1. The SMILES string of the molecule is CN(c1ncc(C(F)(F)F)cc1Cl)N1C(=O)C2ON=C(C3(C)NC(=O)N(c4ccc(Cl)cc4Cl)N3)C2C1=O. The van der Waals surface area contributed by atoms with E-state index in [9.17, 15) is 27.6 Å². The Kier molecular flexibility index (Phi) is 6.13. The van der Waals surface area contributed by atoms with Gasteiger partial charge in [-0.2, -0.15) is 23.6 Å². The van der Waals surface area contributed by atoms with Crippen molar-refractivity contribution >= 4 is 69.9 Å². The third-order valence-corrected chi connectivity index (χ3v) is 6.92. The molecule has 17 heteroatoms. The number of amides is 4. The Bertz CT molecular complexity index is 1420. The lowest BCUT2D eigenvalue weighted by molar-refractivity contribution is -0.143. The molecule has 2 saturated heterocycles. The summed E-state index contributed by atoms with van der Waals surface area (Å²) >= 11 is 18.2. The third kappa shape index (κ3) is 4.08. The topological polar surface area (TPSA) is 119 Å². The number of fused-ring (bicyclic) bond motifs is 1. The molecule has 3 atom stereocenters. The molecule has 5 rings (SSSR count). The molecule has 4 amide bonds. The maximum Gasteiger partial charge on any atom is 0.417 e. The van der Waals surface area contributed by atoms with Crippen molar-refractivity contribution in [3.63, 3.8) is 0 Å². The predicted molar refractivity (Wildman–Crippen MR) is 129 cm³/mol. The Morgan fingerprint density at radius 1 is 1.11 bits per heavy atom. The zero-order valence-electron chi connectivity index (χ0n) is 19.2. The van der Waals surface area contributed by atoms with E-state index in [-0.39, 0.29) is 22.2 Å². The number of pyridine rings is 1. The summed E-state index contributed by atoms with van der Waals surface area (Å²) in [6.45, 7) is 1.50. The molecule has 1 aromatic heterocycles. The number of halogens is 6. The summed E-state index contributed by atoms with van der Waals surface area (Å²) in [5.41, 5.74) is 0.526. The molecule has 200 valence electrons. The molecule has 0 bridgehead atoms. The van der Waals surface area contributed by atoms with Crippen molar-refractivity contribution in [2.45, 2.75) is 24.9 Å². The van der Waals surface area contributed by atoms with E-state index in [0.29, 0.717) is 22.3 Å². The zero-order chi connectivity index (χ0) is 27.7. The van der Waals surface area contributed by atoms with E-state index < -0.39 is 52.3 Å². The van der Waals surface area contributed by atoms with E-state index in [0.717, 1.165) is 10.0 Å². The number of benzene rings is 1.